The van der Waals surface area contributed by atoms with Crippen LogP contribution in [0.1, 0.15) is 169 Å². The number of carboxylic acids is 4. The number of ether oxygens (including phenoxy) is 4. The number of rotatable bonds is 15. The van der Waals surface area contributed by atoms with Crippen LogP contribution in [0.2, 0.25) is 0 Å². The van der Waals surface area contributed by atoms with Gasteiger partial charge in [0, 0.05) is 44.3 Å². The number of carboxylic acid groups (broad SMARTS) is 4. The Morgan fingerprint density at radius 3 is 0.750 bits per heavy atom. The zero-order valence-electron chi connectivity index (χ0n) is 56.2. The maximum atomic E-state index is 17.0. The fourth-order valence-corrected chi connectivity index (χ4v) is 19.3. The van der Waals surface area contributed by atoms with Crippen molar-refractivity contribution < 1.29 is 77.7 Å². The number of aliphatic carboxylic acids is 4. The summed E-state index contributed by atoms with van der Waals surface area (Å²) in [6, 6.07) is 33.3. The largest absolute Gasteiger partial charge is 0.481 e. The van der Waals surface area contributed by atoms with Crippen LogP contribution in [0, 0.1) is 39.9 Å². The fraction of sp³-hybridized carbons (Fsp3) is 0.556. The van der Waals surface area contributed by atoms with Gasteiger partial charge in [0.15, 0.2) is 0 Å². The topological polar surface area (TPSA) is 267 Å². The summed E-state index contributed by atoms with van der Waals surface area (Å²) < 4.78 is 24.2. The van der Waals surface area contributed by atoms with E-state index in [1.54, 1.807) is 232 Å². The lowest BCUT2D eigenvalue weighted by Gasteiger charge is -2.71. The van der Waals surface area contributed by atoms with E-state index in [-0.39, 0.29) is 61.5 Å². The Bertz CT molecular complexity index is 3270. The molecule has 0 radical (unpaired) electrons. The second-order valence-corrected chi connectivity index (χ2v) is 31.1. The summed E-state index contributed by atoms with van der Waals surface area (Å²) in [4.78, 5) is 131. The van der Waals surface area contributed by atoms with E-state index in [0.29, 0.717) is 0 Å². The SMILES string of the molecule is CC1(C)CC(C(CC(=O)O)(C(=O)O)C(C(=O)O)(C2CC(C)(C)N(C(=O)Oc3ccccc3)C(C)(C)C2)C(C(=O)O)(C2CC(C)(C)N(C(=O)Oc3ccccc3)C(C)(C)C2)C2CC(C)(C)N(C(=O)Oc3ccccc3)C(C)(C)C2)CC(C)(C)N1C(=O)Oc1ccccc1. The molecule has 4 aromatic carbocycles. The maximum Gasteiger partial charge on any atom is 0.416 e. The molecule has 4 aliphatic heterocycles. The third-order valence-corrected chi connectivity index (χ3v) is 20.8. The molecule has 4 aliphatic rings. The summed E-state index contributed by atoms with van der Waals surface area (Å²) in [5, 5.41) is 52.6. The van der Waals surface area contributed by atoms with E-state index in [1.165, 1.54) is 19.6 Å². The number of hydrogen-bond acceptors (Lipinski definition) is 12. The Labute approximate surface area is 540 Å². The van der Waals surface area contributed by atoms with Gasteiger partial charge in [0.2, 0.25) is 0 Å². The molecule has 8 rings (SSSR count). The van der Waals surface area contributed by atoms with E-state index in [0.717, 1.165) is 0 Å². The minimum Gasteiger partial charge on any atom is -0.481 e. The molecule has 4 aromatic rings. The average molecular weight is 1270 g/mol. The Morgan fingerprint density at radius 2 is 0.554 bits per heavy atom. The Balaban J connectivity index is 1.50. The smallest absolute Gasteiger partial charge is 0.416 e. The molecular weight excluding hydrogens is 1180 g/mol. The third-order valence-electron chi connectivity index (χ3n) is 20.8. The number of amides is 4. The zero-order valence-corrected chi connectivity index (χ0v) is 56.2. The van der Waals surface area contributed by atoms with Crippen molar-refractivity contribution in [3.05, 3.63) is 121 Å². The highest BCUT2D eigenvalue weighted by Crippen LogP contribution is 2.75. The maximum absolute atomic E-state index is 17.0. The number of carbonyl (C=O) groups excluding carboxylic acids is 4. The first-order chi connectivity index (χ1) is 42.5. The molecule has 0 spiro atoms. The lowest BCUT2D eigenvalue weighted by molar-refractivity contribution is -0.266. The number of benzene rings is 4. The second kappa shape index (κ2) is 24.4. The molecule has 0 aliphatic carbocycles. The van der Waals surface area contributed by atoms with Gasteiger partial charge in [-0.25, -0.2) is 19.2 Å². The molecule has 4 fully saturated rings. The number of para-hydroxylation sites is 4. The van der Waals surface area contributed by atoms with Crippen molar-refractivity contribution >= 4 is 48.3 Å². The molecule has 2 unspecified atom stereocenters. The molecule has 20 heteroatoms. The van der Waals surface area contributed by atoms with Crippen LogP contribution in [0.4, 0.5) is 19.2 Å². The van der Waals surface area contributed by atoms with Crippen molar-refractivity contribution in [2.45, 2.75) is 213 Å². The fourth-order valence-electron chi connectivity index (χ4n) is 19.3. The quantitative estimate of drug-likeness (QED) is 0.0861. The first kappa shape index (κ1) is 69.7. The van der Waals surface area contributed by atoms with Crippen LogP contribution in [0.25, 0.3) is 0 Å². The normalized spacial score (nSPS) is 22.3. The molecule has 92 heavy (non-hydrogen) atoms. The third kappa shape index (κ3) is 12.3. The van der Waals surface area contributed by atoms with Crippen molar-refractivity contribution in [2.24, 2.45) is 39.9 Å². The van der Waals surface area contributed by atoms with E-state index in [4.69, 9.17) is 18.9 Å². The minimum absolute atomic E-state index is 0.194. The van der Waals surface area contributed by atoms with E-state index in [1.807, 2.05) is 0 Å². The molecule has 0 aromatic heterocycles. The minimum atomic E-state index is -3.29. The molecule has 20 nitrogen and oxygen atoms in total. The van der Waals surface area contributed by atoms with Gasteiger partial charge in [-0.3, -0.25) is 38.8 Å². The van der Waals surface area contributed by atoms with Crippen molar-refractivity contribution in [2.75, 3.05) is 0 Å². The monoisotopic (exact) mass is 1270 g/mol. The molecule has 4 heterocycles. The van der Waals surface area contributed by atoms with E-state index < -0.39 is 152 Å². The van der Waals surface area contributed by atoms with Gasteiger partial charge < -0.3 is 39.4 Å². The first-order valence-corrected chi connectivity index (χ1v) is 31.7. The summed E-state index contributed by atoms with van der Waals surface area (Å²) >= 11 is 0. The van der Waals surface area contributed by atoms with Crippen LogP contribution in [-0.2, 0) is 19.2 Å². The van der Waals surface area contributed by atoms with Gasteiger partial charge in [-0.05, 0) is 234 Å². The van der Waals surface area contributed by atoms with E-state index in [9.17, 15) is 39.6 Å². The number of carbonyl (C=O) groups is 8. The molecule has 498 valence electrons. The summed E-state index contributed by atoms with van der Waals surface area (Å²) in [5.41, 5.74) is -21.3. The predicted molar refractivity (Wildman–Crippen MR) is 343 cm³/mol. The van der Waals surface area contributed by atoms with Gasteiger partial charge in [0.1, 0.15) is 28.4 Å². The van der Waals surface area contributed by atoms with Gasteiger partial charge in [-0.15, -0.1) is 0 Å². The van der Waals surface area contributed by atoms with Gasteiger partial charge in [-0.2, -0.15) is 0 Å². The molecule has 4 saturated heterocycles. The lowest BCUT2D eigenvalue weighted by atomic mass is 9.32. The van der Waals surface area contributed by atoms with Crippen LogP contribution in [0.3, 0.4) is 0 Å². The highest BCUT2D eigenvalue weighted by molar-refractivity contribution is 5.97. The van der Waals surface area contributed by atoms with Gasteiger partial charge in [0.05, 0.1) is 17.3 Å². The van der Waals surface area contributed by atoms with Crippen LogP contribution in [0.5, 0.6) is 23.0 Å². The molecule has 4 N–H and O–H groups in total. The van der Waals surface area contributed by atoms with Crippen molar-refractivity contribution in [1.82, 2.24) is 19.6 Å². The Morgan fingerprint density at radius 1 is 0.337 bits per heavy atom. The highest BCUT2D eigenvalue weighted by Gasteiger charge is 2.84. The Kier molecular flexibility index (Phi) is 18.5. The van der Waals surface area contributed by atoms with Crippen LogP contribution in [0.15, 0.2) is 121 Å². The molecule has 0 bridgehead atoms. The van der Waals surface area contributed by atoms with Gasteiger partial charge in [0.25, 0.3) is 0 Å². The van der Waals surface area contributed by atoms with Gasteiger partial charge in [-0.1, -0.05) is 72.8 Å². The highest BCUT2D eigenvalue weighted by atomic mass is 16.6. The number of nitrogens with zero attached hydrogens (tertiary/aromatic N) is 4. The standard InChI is InChI=1S/C72H94N4O16/c1-62(2)37-46(38-63(3,4)73(62)58(85)89-50-29-21-17-22-30-50)70(55(79)80,45-54(77)78)72(57(83)84,49-43-68(13,14)76(69(15,16)44-49)61(88)92-53-35-27-20-28-36-53)71(56(81)82,47-39-64(5,6)74(65(7,8)40-47)59(86)90-51-31-23-18-24-32-51)48-41-66(9,10)75(67(11,12)42-48)60(87)91-52-33-25-19-26-34-52/h17-36,46-49H,37-45H2,1-16H3,(H,77,78)(H,79,80)(H,81,82)(H,83,84). The lowest BCUT2D eigenvalue weighted by Crippen LogP contribution is -2.80. The van der Waals surface area contributed by atoms with Crippen LogP contribution in [-0.4, -0.2) is 133 Å². The molecule has 0 saturated carbocycles. The average Bonchev–Trinajstić information content (AvgIpc) is 0.656. The summed E-state index contributed by atoms with van der Waals surface area (Å²) in [6.07, 6.45) is -7.54. The number of piperidine rings is 4. The summed E-state index contributed by atoms with van der Waals surface area (Å²) in [7, 11) is 0. The molecule has 4 amide bonds. The van der Waals surface area contributed by atoms with Crippen molar-refractivity contribution in [1.29, 1.82) is 0 Å². The van der Waals surface area contributed by atoms with Crippen LogP contribution < -0.4 is 18.9 Å². The predicted octanol–water partition coefficient (Wildman–Crippen LogP) is 14.5. The second-order valence-electron chi connectivity index (χ2n) is 31.1. The van der Waals surface area contributed by atoms with Crippen molar-refractivity contribution in [3.63, 3.8) is 0 Å². The van der Waals surface area contributed by atoms with E-state index >= 15 is 19.2 Å². The molecule has 2 atom stereocenters. The Hall–Kier alpha value is -8.16. The number of hydrogen-bond donors (Lipinski definition) is 4. The number of likely N-dealkylation sites (tertiary alicyclic amines) is 4. The van der Waals surface area contributed by atoms with E-state index in [2.05, 4.69) is 0 Å². The van der Waals surface area contributed by atoms with Crippen molar-refractivity contribution in [3.8, 4) is 23.0 Å². The van der Waals surface area contributed by atoms with Gasteiger partial charge >= 0.3 is 48.3 Å². The van der Waals surface area contributed by atoms with Crippen LogP contribution >= 0.6 is 0 Å². The summed E-state index contributed by atoms with van der Waals surface area (Å²) in [5.74, 6) is -12.6. The molecular formula is C72H94N4O16. The summed E-state index contributed by atoms with van der Waals surface area (Å²) in [6.45, 7) is 27.1. The zero-order chi connectivity index (χ0) is 68.4. The first-order valence-electron chi connectivity index (χ1n) is 31.7.